The fourth-order valence-electron chi connectivity index (χ4n) is 2.60. The number of nitro groups is 1. The van der Waals surface area contributed by atoms with Crippen LogP contribution in [0.5, 0.6) is 5.75 Å². The molecule has 3 aromatic carbocycles. The second-order valence-electron chi connectivity index (χ2n) is 5.91. The summed E-state index contributed by atoms with van der Waals surface area (Å²) in [7, 11) is 0. The molecule has 0 aliphatic carbocycles. The monoisotopic (exact) mass is 364 g/mol. The quantitative estimate of drug-likeness (QED) is 0.405. The lowest BCUT2D eigenvalue weighted by Gasteiger charge is -2.15. The maximum absolute atomic E-state index is 12.4. The van der Waals surface area contributed by atoms with Crippen molar-refractivity contribution in [2.24, 2.45) is 0 Å². The maximum Gasteiger partial charge on any atom is 0.311 e. The van der Waals surface area contributed by atoms with Gasteiger partial charge < -0.3 is 10.1 Å². The minimum absolute atomic E-state index is 0.0771. The number of anilines is 1. The fourth-order valence-corrected chi connectivity index (χ4v) is 2.60. The maximum atomic E-state index is 12.4. The standard InChI is InChI=1S/C20H16N2O5/c1-13(27-19-9-6-14(12-23)10-18(19)22(25)26)20(24)21-17-8-7-15-4-2-3-5-16(15)11-17/h2-13H,1H3,(H,21,24)/t13-/m0/s1. The molecule has 0 aromatic heterocycles. The topological polar surface area (TPSA) is 98.5 Å². The summed E-state index contributed by atoms with van der Waals surface area (Å²) in [6.07, 6.45) is -0.468. The Balaban J connectivity index is 1.75. The molecule has 0 heterocycles. The van der Waals surface area contributed by atoms with Crippen LogP contribution in [0.4, 0.5) is 11.4 Å². The van der Waals surface area contributed by atoms with Crippen molar-refractivity contribution in [1.82, 2.24) is 0 Å². The first-order valence-electron chi connectivity index (χ1n) is 8.18. The van der Waals surface area contributed by atoms with Gasteiger partial charge in [0.2, 0.25) is 0 Å². The molecule has 0 saturated heterocycles. The summed E-state index contributed by atoms with van der Waals surface area (Å²) in [6, 6.07) is 17.0. The summed E-state index contributed by atoms with van der Waals surface area (Å²) >= 11 is 0. The Hall–Kier alpha value is -3.74. The van der Waals surface area contributed by atoms with Crippen LogP contribution in [0.2, 0.25) is 0 Å². The number of fused-ring (bicyclic) bond motifs is 1. The summed E-state index contributed by atoms with van der Waals surface area (Å²) in [6.45, 7) is 1.49. The molecular weight excluding hydrogens is 348 g/mol. The van der Waals surface area contributed by atoms with Gasteiger partial charge in [-0.2, -0.15) is 0 Å². The number of amides is 1. The number of aldehydes is 1. The van der Waals surface area contributed by atoms with E-state index in [0.717, 1.165) is 16.8 Å². The van der Waals surface area contributed by atoms with E-state index in [9.17, 15) is 19.7 Å². The fraction of sp³-hybridized carbons (Fsp3) is 0.100. The minimum Gasteiger partial charge on any atom is -0.474 e. The van der Waals surface area contributed by atoms with Crippen LogP contribution < -0.4 is 10.1 Å². The molecule has 0 unspecified atom stereocenters. The number of carbonyl (C=O) groups is 2. The Labute approximate surface area is 154 Å². The van der Waals surface area contributed by atoms with Gasteiger partial charge in [0.25, 0.3) is 5.91 Å². The van der Waals surface area contributed by atoms with E-state index in [2.05, 4.69) is 5.32 Å². The number of ether oxygens (including phenoxy) is 1. The molecule has 3 aromatic rings. The van der Waals surface area contributed by atoms with Gasteiger partial charge in [-0.25, -0.2) is 0 Å². The summed E-state index contributed by atoms with van der Waals surface area (Å²) < 4.78 is 5.46. The van der Waals surface area contributed by atoms with E-state index in [1.165, 1.54) is 19.1 Å². The van der Waals surface area contributed by atoms with Crippen molar-refractivity contribution in [2.45, 2.75) is 13.0 Å². The van der Waals surface area contributed by atoms with Crippen LogP contribution in [-0.4, -0.2) is 23.2 Å². The van der Waals surface area contributed by atoms with Crippen molar-refractivity contribution in [2.75, 3.05) is 5.32 Å². The zero-order valence-electron chi connectivity index (χ0n) is 14.4. The Morgan fingerprint density at radius 1 is 1.11 bits per heavy atom. The van der Waals surface area contributed by atoms with E-state index >= 15 is 0 Å². The van der Waals surface area contributed by atoms with Crippen molar-refractivity contribution < 1.29 is 19.2 Å². The molecule has 1 atom stereocenters. The third-order valence-electron chi connectivity index (χ3n) is 4.01. The van der Waals surface area contributed by atoms with Crippen molar-refractivity contribution in [1.29, 1.82) is 0 Å². The van der Waals surface area contributed by atoms with Gasteiger partial charge in [-0.15, -0.1) is 0 Å². The Morgan fingerprint density at radius 3 is 2.56 bits per heavy atom. The van der Waals surface area contributed by atoms with Crippen LogP contribution in [0.15, 0.2) is 60.7 Å². The van der Waals surface area contributed by atoms with Crippen molar-refractivity contribution in [3.8, 4) is 5.75 Å². The molecule has 0 fully saturated rings. The van der Waals surface area contributed by atoms with E-state index in [0.29, 0.717) is 12.0 Å². The first kappa shape index (κ1) is 18.1. The smallest absolute Gasteiger partial charge is 0.311 e. The lowest BCUT2D eigenvalue weighted by molar-refractivity contribution is -0.386. The van der Waals surface area contributed by atoms with Gasteiger partial charge in [-0.3, -0.25) is 19.7 Å². The molecule has 1 amide bonds. The zero-order chi connectivity index (χ0) is 19.4. The number of hydrogen-bond acceptors (Lipinski definition) is 5. The number of nitrogens with zero attached hydrogens (tertiary/aromatic N) is 1. The summed E-state index contributed by atoms with van der Waals surface area (Å²) in [5.41, 5.74) is 0.382. The predicted octanol–water partition coefficient (Wildman–Crippen LogP) is 3.97. The normalized spacial score (nSPS) is 11.6. The van der Waals surface area contributed by atoms with Crippen LogP contribution >= 0.6 is 0 Å². The minimum atomic E-state index is -0.975. The van der Waals surface area contributed by atoms with Crippen molar-refractivity contribution in [3.63, 3.8) is 0 Å². The van der Waals surface area contributed by atoms with Crippen molar-refractivity contribution >= 4 is 34.3 Å². The zero-order valence-corrected chi connectivity index (χ0v) is 14.4. The molecule has 136 valence electrons. The van der Waals surface area contributed by atoms with E-state index in [1.54, 1.807) is 6.07 Å². The third kappa shape index (κ3) is 4.09. The third-order valence-corrected chi connectivity index (χ3v) is 4.01. The summed E-state index contributed by atoms with van der Waals surface area (Å²) in [4.78, 5) is 33.7. The van der Waals surface area contributed by atoms with E-state index in [1.807, 2.05) is 36.4 Å². The second kappa shape index (κ2) is 7.65. The van der Waals surface area contributed by atoms with Crippen molar-refractivity contribution in [3.05, 3.63) is 76.3 Å². The largest absolute Gasteiger partial charge is 0.474 e. The van der Waals surface area contributed by atoms with Gasteiger partial charge in [-0.1, -0.05) is 30.3 Å². The molecule has 7 nitrogen and oxygen atoms in total. The van der Waals surface area contributed by atoms with Gasteiger partial charge in [-0.05, 0) is 42.0 Å². The van der Waals surface area contributed by atoms with Gasteiger partial charge in [0.05, 0.1) is 4.92 Å². The number of rotatable bonds is 6. The molecule has 1 N–H and O–H groups in total. The molecule has 0 spiro atoms. The lowest BCUT2D eigenvalue weighted by Crippen LogP contribution is -2.30. The molecule has 0 aliphatic heterocycles. The van der Waals surface area contributed by atoms with E-state index in [-0.39, 0.29) is 17.0 Å². The average molecular weight is 364 g/mol. The molecule has 27 heavy (non-hydrogen) atoms. The second-order valence-corrected chi connectivity index (χ2v) is 5.91. The highest BCUT2D eigenvalue weighted by Crippen LogP contribution is 2.28. The first-order valence-corrected chi connectivity index (χ1v) is 8.18. The number of nitro benzene ring substituents is 1. The molecule has 0 aliphatic rings. The van der Waals surface area contributed by atoms with Crippen LogP contribution in [0.3, 0.4) is 0 Å². The lowest BCUT2D eigenvalue weighted by atomic mass is 10.1. The predicted molar refractivity (Wildman–Crippen MR) is 101 cm³/mol. The van der Waals surface area contributed by atoms with Gasteiger partial charge in [0.15, 0.2) is 11.9 Å². The highest BCUT2D eigenvalue weighted by atomic mass is 16.6. The first-order chi connectivity index (χ1) is 13.0. The van der Waals surface area contributed by atoms with Crippen LogP contribution in [0.25, 0.3) is 10.8 Å². The highest BCUT2D eigenvalue weighted by molar-refractivity contribution is 5.96. The molecule has 3 rings (SSSR count). The van der Waals surface area contributed by atoms with Crippen LogP contribution in [-0.2, 0) is 4.79 Å². The van der Waals surface area contributed by atoms with Gasteiger partial charge >= 0.3 is 5.69 Å². The molecular formula is C20H16N2O5. The number of benzene rings is 3. The van der Waals surface area contributed by atoms with E-state index in [4.69, 9.17) is 4.74 Å². The summed E-state index contributed by atoms with van der Waals surface area (Å²) in [5, 5.41) is 15.9. The average Bonchev–Trinajstić information content (AvgIpc) is 2.67. The van der Waals surface area contributed by atoms with Crippen LogP contribution in [0.1, 0.15) is 17.3 Å². The van der Waals surface area contributed by atoms with Gasteiger partial charge in [0.1, 0.15) is 6.29 Å². The molecule has 0 saturated carbocycles. The van der Waals surface area contributed by atoms with Gasteiger partial charge in [0, 0.05) is 17.3 Å². The highest BCUT2D eigenvalue weighted by Gasteiger charge is 2.22. The van der Waals surface area contributed by atoms with Crippen LogP contribution in [0, 0.1) is 10.1 Å². The number of carbonyl (C=O) groups excluding carboxylic acids is 2. The SMILES string of the molecule is C[C@H](Oc1ccc(C=O)cc1[N+](=O)[O-])C(=O)Nc1ccc2ccccc2c1. The summed E-state index contributed by atoms with van der Waals surface area (Å²) in [5.74, 6) is -0.522. The Morgan fingerprint density at radius 2 is 1.85 bits per heavy atom. The Kier molecular flexibility index (Phi) is 5.12. The number of nitrogens with one attached hydrogen (secondary N) is 1. The molecule has 0 bridgehead atoms. The molecule has 7 heteroatoms. The van der Waals surface area contributed by atoms with E-state index < -0.39 is 16.9 Å². The number of hydrogen-bond donors (Lipinski definition) is 1. The Bertz CT molecular complexity index is 1030. The molecule has 0 radical (unpaired) electrons.